The van der Waals surface area contributed by atoms with E-state index in [2.05, 4.69) is 40.2 Å². The molecule has 1 aromatic carbocycles. The van der Waals surface area contributed by atoms with Crippen LogP contribution in [-0.2, 0) is 19.6 Å². The molecule has 18 heavy (non-hydrogen) atoms. The van der Waals surface area contributed by atoms with Crippen LogP contribution in [0.15, 0.2) is 18.2 Å². The van der Waals surface area contributed by atoms with Crippen molar-refractivity contribution in [3.05, 3.63) is 34.9 Å². The van der Waals surface area contributed by atoms with E-state index < -0.39 is 0 Å². The predicted octanol–water partition coefficient (Wildman–Crippen LogP) is 1.43. The molecule has 0 aromatic heterocycles. The van der Waals surface area contributed by atoms with E-state index in [9.17, 15) is 0 Å². The molecule has 3 heteroatoms. The lowest BCUT2D eigenvalue weighted by molar-refractivity contribution is 0.132. The van der Waals surface area contributed by atoms with E-state index in [1.807, 2.05) is 0 Å². The van der Waals surface area contributed by atoms with Gasteiger partial charge in [-0.2, -0.15) is 0 Å². The quantitative estimate of drug-likeness (QED) is 0.869. The van der Waals surface area contributed by atoms with Gasteiger partial charge in [-0.25, -0.2) is 0 Å². The van der Waals surface area contributed by atoms with Crippen LogP contribution in [0, 0.1) is 0 Å². The van der Waals surface area contributed by atoms with E-state index in [1.54, 1.807) is 0 Å². The molecule has 2 aliphatic heterocycles. The molecule has 1 fully saturated rings. The van der Waals surface area contributed by atoms with Gasteiger partial charge in [-0.15, -0.1) is 0 Å². The molecular formula is C15H23N3. The van der Waals surface area contributed by atoms with Crippen molar-refractivity contribution in [1.29, 1.82) is 0 Å². The second kappa shape index (κ2) is 5.39. The van der Waals surface area contributed by atoms with Gasteiger partial charge in [0.15, 0.2) is 0 Å². The van der Waals surface area contributed by atoms with Crippen LogP contribution in [-0.4, -0.2) is 42.5 Å². The molecule has 1 saturated heterocycles. The summed E-state index contributed by atoms with van der Waals surface area (Å²) in [4.78, 5) is 5.11. The number of hydrogen-bond donors (Lipinski definition) is 1. The fourth-order valence-electron chi connectivity index (χ4n) is 2.97. The van der Waals surface area contributed by atoms with Crippen molar-refractivity contribution in [2.45, 2.75) is 26.6 Å². The number of nitrogens with zero attached hydrogens (tertiary/aromatic N) is 2. The Hall–Kier alpha value is -0.900. The molecule has 1 N–H and O–H groups in total. The summed E-state index contributed by atoms with van der Waals surface area (Å²) in [7, 11) is 0. The molecule has 1 aromatic rings. The summed E-state index contributed by atoms with van der Waals surface area (Å²) in [6, 6.07) is 6.99. The van der Waals surface area contributed by atoms with E-state index in [0.29, 0.717) is 0 Å². The SMILES string of the molecule is CCN1CCN(Cc2ccc3c(c2)CNC3)CC1. The van der Waals surface area contributed by atoms with Crippen molar-refractivity contribution in [3.8, 4) is 0 Å². The Bertz CT molecular complexity index is 408. The predicted molar refractivity (Wildman–Crippen MR) is 74.4 cm³/mol. The van der Waals surface area contributed by atoms with Gasteiger partial charge in [-0.3, -0.25) is 4.90 Å². The maximum absolute atomic E-state index is 3.41. The van der Waals surface area contributed by atoms with Crippen LogP contribution in [0.2, 0.25) is 0 Å². The van der Waals surface area contributed by atoms with Gasteiger partial charge in [0.2, 0.25) is 0 Å². The highest BCUT2D eigenvalue weighted by Crippen LogP contribution is 2.18. The minimum Gasteiger partial charge on any atom is -0.309 e. The van der Waals surface area contributed by atoms with Gasteiger partial charge in [0, 0.05) is 45.8 Å². The second-order valence-electron chi connectivity index (χ2n) is 5.42. The Labute approximate surface area is 110 Å². The molecule has 0 saturated carbocycles. The third-order valence-electron chi connectivity index (χ3n) is 4.22. The fraction of sp³-hybridized carbons (Fsp3) is 0.600. The summed E-state index contributed by atoms with van der Waals surface area (Å²) in [6.07, 6.45) is 0. The first-order valence-corrected chi connectivity index (χ1v) is 7.11. The number of piperazine rings is 1. The first kappa shape index (κ1) is 12.2. The van der Waals surface area contributed by atoms with E-state index in [-0.39, 0.29) is 0 Å². The van der Waals surface area contributed by atoms with Crippen molar-refractivity contribution >= 4 is 0 Å². The van der Waals surface area contributed by atoms with Crippen LogP contribution >= 0.6 is 0 Å². The highest BCUT2D eigenvalue weighted by Gasteiger charge is 2.16. The largest absolute Gasteiger partial charge is 0.309 e. The number of rotatable bonds is 3. The van der Waals surface area contributed by atoms with Crippen molar-refractivity contribution in [2.24, 2.45) is 0 Å². The maximum Gasteiger partial charge on any atom is 0.0234 e. The number of hydrogen-bond acceptors (Lipinski definition) is 3. The third kappa shape index (κ3) is 2.58. The molecule has 2 heterocycles. The minimum absolute atomic E-state index is 1.05. The second-order valence-corrected chi connectivity index (χ2v) is 5.42. The van der Waals surface area contributed by atoms with Gasteiger partial charge in [0.05, 0.1) is 0 Å². The molecule has 3 rings (SSSR count). The van der Waals surface area contributed by atoms with Crippen molar-refractivity contribution < 1.29 is 0 Å². The Morgan fingerprint density at radius 2 is 1.72 bits per heavy atom. The normalized spacial score (nSPS) is 21.2. The van der Waals surface area contributed by atoms with Gasteiger partial charge in [0.1, 0.15) is 0 Å². The van der Waals surface area contributed by atoms with Gasteiger partial charge in [-0.1, -0.05) is 25.1 Å². The van der Waals surface area contributed by atoms with Gasteiger partial charge < -0.3 is 10.2 Å². The lowest BCUT2D eigenvalue weighted by atomic mass is 10.1. The molecule has 0 unspecified atom stereocenters. The average Bonchev–Trinajstić information content (AvgIpc) is 2.87. The molecule has 3 nitrogen and oxygen atoms in total. The molecule has 0 bridgehead atoms. The van der Waals surface area contributed by atoms with Gasteiger partial charge in [-0.05, 0) is 23.2 Å². The number of benzene rings is 1. The zero-order valence-electron chi connectivity index (χ0n) is 11.3. The summed E-state index contributed by atoms with van der Waals surface area (Å²) in [5.74, 6) is 0. The first-order valence-electron chi connectivity index (χ1n) is 7.11. The Morgan fingerprint density at radius 1 is 1.00 bits per heavy atom. The molecule has 0 spiro atoms. The van der Waals surface area contributed by atoms with Crippen molar-refractivity contribution in [3.63, 3.8) is 0 Å². The van der Waals surface area contributed by atoms with Crippen LogP contribution in [0.3, 0.4) is 0 Å². The molecule has 2 aliphatic rings. The van der Waals surface area contributed by atoms with E-state index in [0.717, 1.165) is 19.6 Å². The fourth-order valence-corrected chi connectivity index (χ4v) is 2.97. The number of nitrogens with one attached hydrogen (secondary N) is 1. The molecule has 0 amide bonds. The lowest BCUT2D eigenvalue weighted by Gasteiger charge is -2.34. The summed E-state index contributed by atoms with van der Waals surface area (Å²) in [5.41, 5.74) is 4.46. The van der Waals surface area contributed by atoms with Gasteiger partial charge in [0.25, 0.3) is 0 Å². The first-order chi connectivity index (χ1) is 8.85. The summed E-state index contributed by atoms with van der Waals surface area (Å²) < 4.78 is 0. The Balaban J connectivity index is 1.60. The molecule has 0 aliphatic carbocycles. The van der Waals surface area contributed by atoms with Gasteiger partial charge >= 0.3 is 0 Å². The summed E-state index contributed by atoms with van der Waals surface area (Å²) in [6.45, 7) is 11.5. The van der Waals surface area contributed by atoms with Crippen LogP contribution in [0.5, 0.6) is 0 Å². The zero-order chi connectivity index (χ0) is 12.4. The smallest absolute Gasteiger partial charge is 0.0234 e. The molecular weight excluding hydrogens is 222 g/mol. The summed E-state index contributed by atoms with van der Waals surface area (Å²) in [5, 5.41) is 3.41. The number of likely N-dealkylation sites (N-methyl/N-ethyl adjacent to an activating group) is 1. The standard InChI is InChI=1S/C15H23N3/c1-2-17-5-7-18(8-6-17)12-13-3-4-14-10-16-11-15(14)9-13/h3-4,9,16H,2,5-8,10-12H2,1H3. The Kier molecular flexibility index (Phi) is 3.64. The van der Waals surface area contributed by atoms with Crippen LogP contribution in [0.1, 0.15) is 23.6 Å². The molecule has 0 radical (unpaired) electrons. The monoisotopic (exact) mass is 245 g/mol. The molecule has 98 valence electrons. The van der Waals surface area contributed by atoms with E-state index >= 15 is 0 Å². The van der Waals surface area contributed by atoms with Crippen LogP contribution in [0.4, 0.5) is 0 Å². The van der Waals surface area contributed by atoms with Crippen molar-refractivity contribution in [1.82, 2.24) is 15.1 Å². The number of fused-ring (bicyclic) bond motifs is 1. The van der Waals surface area contributed by atoms with Crippen LogP contribution < -0.4 is 5.32 Å². The molecule has 0 atom stereocenters. The van der Waals surface area contributed by atoms with Crippen LogP contribution in [0.25, 0.3) is 0 Å². The van der Waals surface area contributed by atoms with Crippen molar-refractivity contribution in [2.75, 3.05) is 32.7 Å². The maximum atomic E-state index is 3.41. The highest BCUT2D eigenvalue weighted by molar-refractivity contribution is 5.34. The zero-order valence-corrected chi connectivity index (χ0v) is 11.3. The topological polar surface area (TPSA) is 18.5 Å². The van der Waals surface area contributed by atoms with E-state index in [1.165, 1.54) is 49.4 Å². The summed E-state index contributed by atoms with van der Waals surface area (Å²) >= 11 is 0. The lowest BCUT2D eigenvalue weighted by Crippen LogP contribution is -2.45. The highest BCUT2D eigenvalue weighted by atomic mass is 15.3. The minimum atomic E-state index is 1.05. The van der Waals surface area contributed by atoms with E-state index in [4.69, 9.17) is 0 Å². The third-order valence-corrected chi connectivity index (χ3v) is 4.22. The Morgan fingerprint density at radius 3 is 2.50 bits per heavy atom. The average molecular weight is 245 g/mol.